The fraction of sp³-hybridized carbons (Fsp3) is 0.667. The van der Waals surface area contributed by atoms with Gasteiger partial charge in [0.25, 0.3) is 0 Å². The minimum atomic E-state index is 0.168. The largest absolute Gasteiger partial charge is 0.313 e. The van der Waals surface area contributed by atoms with Gasteiger partial charge in [-0.25, -0.2) is 0 Å². The second-order valence-corrected chi connectivity index (χ2v) is 1.81. The molecular formula is C6H12N2O. The van der Waals surface area contributed by atoms with Crippen molar-refractivity contribution in [1.82, 2.24) is 5.32 Å². The quantitative estimate of drug-likeness (QED) is 0.520. The van der Waals surface area contributed by atoms with Crippen LogP contribution in [-0.4, -0.2) is 25.6 Å². The molecule has 0 aliphatic heterocycles. The molecule has 9 heavy (non-hydrogen) atoms. The highest BCUT2D eigenvalue weighted by molar-refractivity contribution is 5.82. The summed E-state index contributed by atoms with van der Waals surface area (Å²) in [5, 5.41) is 9.38. The second-order valence-electron chi connectivity index (χ2n) is 1.81. The molecule has 0 aromatic carbocycles. The summed E-state index contributed by atoms with van der Waals surface area (Å²) in [6, 6.07) is 0. The first-order valence-corrected chi connectivity index (χ1v) is 2.96. The van der Waals surface area contributed by atoms with Crippen molar-refractivity contribution >= 4 is 12.0 Å². The molecule has 0 radical (unpaired) electrons. The van der Waals surface area contributed by atoms with Gasteiger partial charge in [0, 0.05) is 6.42 Å². The monoisotopic (exact) mass is 128 g/mol. The zero-order valence-electron chi connectivity index (χ0n) is 5.61. The summed E-state index contributed by atoms with van der Waals surface area (Å²) < 4.78 is 0. The third-order valence-electron chi connectivity index (χ3n) is 0.941. The van der Waals surface area contributed by atoms with E-state index in [1.54, 1.807) is 7.05 Å². The Morgan fingerprint density at radius 1 is 1.78 bits per heavy atom. The third-order valence-corrected chi connectivity index (χ3v) is 0.941. The third kappa shape index (κ3) is 5.17. The standard InChI is InChI=1S/C6H12N2O/c1-8-5-6(9)3-2-4-7/h4,7-8H,2-3,5H2,1H3. The Morgan fingerprint density at radius 2 is 2.44 bits per heavy atom. The Labute approximate surface area is 55.0 Å². The fourth-order valence-corrected chi connectivity index (χ4v) is 0.519. The van der Waals surface area contributed by atoms with E-state index in [1.165, 1.54) is 6.21 Å². The molecule has 0 spiro atoms. The van der Waals surface area contributed by atoms with Gasteiger partial charge in [0.15, 0.2) is 0 Å². The van der Waals surface area contributed by atoms with Gasteiger partial charge in [-0.15, -0.1) is 0 Å². The average Bonchev–Trinajstić information content (AvgIpc) is 1.85. The first-order chi connectivity index (χ1) is 4.31. The molecule has 0 aromatic heterocycles. The lowest BCUT2D eigenvalue weighted by molar-refractivity contribution is -0.118. The highest BCUT2D eigenvalue weighted by Crippen LogP contribution is 1.84. The van der Waals surface area contributed by atoms with Crippen LogP contribution in [0.2, 0.25) is 0 Å². The van der Waals surface area contributed by atoms with Gasteiger partial charge in [0.05, 0.1) is 6.54 Å². The molecule has 52 valence electrons. The van der Waals surface area contributed by atoms with E-state index in [2.05, 4.69) is 5.32 Å². The van der Waals surface area contributed by atoms with Crippen LogP contribution >= 0.6 is 0 Å². The van der Waals surface area contributed by atoms with Crippen LogP contribution in [0.4, 0.5) is 0 Å². The minimum absolute atomic E-state index is 0.168. The summed E-state index contributed by atoms with van der Waals surface area (Å²) in [6.45, 7) is 0.424. The summed E-state index contributed by atoms with van der Waals surface area (Å²) in [5.41, 5.74) is 0. The van der Waals surface area contributed by atoms with Crippen LogP contribution in [-0.2, 0) is 4.79 Å². The first-order valence-electron chi connectivity index (χ1n) is 2.96. The molecular weight excluding hydrogens is 116 g/mol. The van der Waals surface area contributed by atoms with Crippen molar-refractivity contribution in [2.45, 2.75) is 12.8 Å². The average molecular weight is 128 g/mol. The van der Waals surface area contributed by atoms with Crippen molar-refractivity contribution in [2.75, 3.05) is 13.6 Å². The number of rotatable bonds is 5. The molecule has 0 heterocycles. The van der Waals surface area contributed by atoms with Crippen molar-refractivity contribution in [3.05, 3.63) is 0 Å². The molecule has 0 atom stereocenters. The second kappa shape index (κ2) is 5.44. The Morgan fingerprint density at radius 3 is 2.89 bits per heavy atom. The van der Waals surface area contributed by atoms with E-state index in [1.807, 2.05) is 0 Å². The molecule has 3 heteroatoms. The van der Waals surface area contributed by atoms with Crippen molar-refractivity contribution in [3.63, 3.8) is 0 Å². The maximum absolute atomic E-state index is 10.6. The van der Waals surface area contributed by atoms with E-state index in [0.717, 1.165) is 0 Å². The molecule has 0 saturated heterocycles. The Balaban J connectivity index is 3.16. The normalized spacial score (nSPS) is 9.00. The van der Waals surface area contributed by atoms with Crippen molar-refractivity contribution in [2.24, 2.45) is 0 Å². The lowest BCUT2D eigenvalue weighted by Crippen LogP contribution is -2.17. The molecule has 0 bridgehead atoms. The highest BCUT2D eigenvalue weighted by Gasteiger charge is 1.95. The first kappa shape index (κ1) is 8.30. The van der Waals surface area contributed by atoms with Crippen LogP contribution < -0.4 is 5.32 Å². The van der Waals surface area contributed by atoms with Gasteiger partial charge in [-0.3, -0.25) is 4.79 Å². The Hall–Kier alpha value is -0.700. The summed E-state index contributed by atoms with van der Waals surface area (Å²) >= 11 is 0. The number of likely N-dealkylation sites (N-methyl/N-ethyl adjacent to an activating group) is 1. The predicted octanol–water partition coefficient (Wildman–Crippen LogP) is 0.205. The number of carbonyl (C=O) groups is 1. The molecule has 0 aliphatic rings. The van der Waals surface area contributed by atoms with E-state index in [4.69, 9.17) is 5.41 Å². The number of ketones is 1. The number of hydrogen-bond donors (Lipinski definition) is 2. The maximum Gasteiger partial charge on any atom is 0.146 e. The van der Waals surface area contributed by atoms with Crippen LogP contribution in [0.3, 0.4) is 0 Å². The molecule has 3 nitrogen and oxygen atoms in total. The Kier molecular flexibility index (Phi) is 5.01. The molecule has 0 unspecified atom stereocenters. The van der Waals surface area contributed by atoms with Gasteiger partial charge in [-0.2, -0.15) is 0 Å². The lowest BCUT2D eigenvalue weighted by atomic mass is 10.2. The molecule has 0 saturated carbocycles. The molecule has 2 N–H and O–H groups in total. The fourth-order valence-electron chi connectivity index (χ4n) is 0.519. The number of nitrogens with one attached hydrogen (secondary N) is 2. The molecule has 0 fully saturated rings. The zero-order valence-corrected chi connectivity index (χ0v) is 5.61. The van der Waals surface area contributed by atoms with Gasteiger partial charge >= 0.3 is 0 Å². The number of hydrogen-bond acceptors (Lipinski definition) is 3. The number of Topliss-reactive ketones (excluding diaryl/α,β-unsaturated/α-hetero) is 1. The molecule has 0 amide bonds. The maximum atomic E-state index is 10.6. The van der Waals surface area contributed by atoms with Crippen molar-refractivity contribution in [3.8, 4) is 0 Å². The Bertz CT molecular complexity index is 101. The van der Waals surface area contributed by atoms with Gasteiger partial charge in [0.2, 0.25) is 0 Å². The predicted molar refractivity (Wildman–Crippen MR) is 37.0 cm³/mol. The summed E-state index contributed by atoms with van der Waals surface area (Å²) in [4.78, 5) is 10.6. The van der Waals surface area contributed by atoms with Gasteiger partial charge in [0.1, 0.15) is 5.78 Å². The summed E-state index contributed by atoms with van der Waals surface area (Å²) in [5.74, 6) is 0.168. The topological polar surface area (TPSA) is 53.0 Å². The van der Waals surface area contributed by atoms with Gasteiger partial charge in [-0.05, 0) is 19.7 Å². The van der Waals surface area contributed by atoms with Crippen molar-refractivity contribution < 1.29 is 4.79 Å². The summed E-state index contributed by atoms with van der Waals surface area (Å²) in [6.07, 6.45) is 2.32. The van der Waals surface area contributed by atoms with Gasteiger partial charge < -0.3 is 10.7 Å². The van der Waals surface area contributed by atoms with Crippen LogP contribution in [0.15, 0.2) is 0 Å². The smallest absolute Gasteiger partial charge is 0.146 e. The molecule has 0 aliphatic carbocycles. The van der Waals surface area contributed by atoms with Crippen LogP contribution in [0.25, 0.3) is 0 Å². The SMILES string of the molecule is CNCC(=O)CCC=N. The summed E-state index contributed by atoms with van der Waals surface area (Å²) in [7, 11) is 1.74. The number of carbonyl (C=O) groups excluding carboxylic acids is 1. The highest BCUT2D eigenvalue weighted by atomic mass is 16.1. The van der Waals surface area contributed by atoms with E-state index in [-0.39, 0.29) is 5.78 Å². The van der Waals surface area contributed by atoms with Crippen LogP contribution in [0, 0.1) is 5.41 Å². The van der Waals surface area contributed by atoms with Crippen molar-refractivity contribution in [1.29, 1.82) is 5.41 Å². The lowest BCUT2D eigenvalue weighted by Gasteiger charge is -1.93. The van der Waals surface area contributed by atoms with E-state index in [0.29, 0.717) is 19.4 Å². The van der Waals surface area contributed by atoms with E-state index in [9.17, 15) is 4.79 Å². The molecule has 0 rings (SSSR count). The zero-order chi connectivity index (χ0) is 7.11. The van der Waals surface area contributed by atoms with E-state index < -0.39 is 0 Å². The minimum Gasteiger partial charge on any atom is -0.313 e. The van der Waals surface area contributed by atoms with Crippen LogP contribution in [0.5, 0.6) is 0 Å². The van der Waals surface area contributed by atoms with Crippen LogP contribution in [0.1, 0.15) is 12.8 Å². The molecule has 0 aromatic rings. The van der Waals surface area contributed by atoms with Gasteiger partial charge in [-0.1, -0.05) is 0 Å². The van der Waals surface area contributed by atoms with E-state index >= 15 is 0 Å².